The molecule has 67 heavy (non-hydrogen) atoms. The zero-order valence-electron chi connectivity index (χ0n) is 38.9. The van der Waals surface area contributed by atoms with E-state index >= 15 is 0 Å². The molecule has 0 aliphatic rings. The number of nitriles is 2. The Labute approximate surface area is 398 Å². The van der Waals surface area contributed by atoms with Gasteiger partial charge in [-0.1, -0.05) is 126 Å². The predicted octanol–water partition coefficient (Wildman–Crippen LogP) is 15.4. The second-order valence-electron chi connectivity index (χ2n) is 17.0. The maximum Gasteiger partial charge on any atom is 0.160 e. The van der Waals surface area contributed by atoms with Crippen LogP contribution in [0.25, 0.3) is 22.3 Å². The number of aromatic hydroxyl groups is 1. The summed E-state index contributed by atoms with van der Waals surface area (Å²) in [6.45, 7) is 2.76. The summed E-state index contributed by atoms with van der Waals surface area (Å²) in [6, 6.07) is 49.1. The second-order valence-corrected chi connectivity index (χ2v) is 17.0. The molecule has 8 nitrogen and oxygen atoms in total. The predicted molar refractivity (Wildman–Crippen MR) is 271 cm³/mol. The number of rotatable bonds is 30. The summed E-state index contributed by atoms with van der Waals surface area (Å²) in [7, 11) is 0. The van der Waals surface area contributed by atoms with Crippen LogP contribution in [0, 0.1) is 22.7 Å². The van der Waals surface area contributed by atoms with Crippen LogP contribution in [-0.4, -0.2) is 37.7 Å². The van der Waals surface area contributed by atoms with Crippen LogP contribution in [0.15, 0.2) is 145 Å². The number of phenols is 1. The van der Waals surface area contributed by atoms with Crippen molar-refractivity contribution in [3.63, 3.8) is 0 Å². The number of phenolic OH excluding ortho intramolecular Hbond substituents is 1. The molecule has 6 aromatic carbocycles. The van der Waals surface area contributed by atoms with E-state index in [1.54, 1.807) is 12.3 Å². The Balaban J connectivity index is 0.715. The first-order valence-electron chi connectivity index (χ1n) is 24.3. The summed E-state index contributed by atoms with van der Waals surface area (Å²) in [5, 5.41) is 28.6. The van der Waals surface area contributed by atoms with Gasteiger partial charge in [0, 0.05) is 6.21 Å². The molecule has 0 bridgehead atoms. The second kappa shape index (κ2) is 28.8. The summed E-state index contributed by atoms with van der Waals surface area (Å²) >= 11 is 0. The molecule has 0 saturated heterocycles. The van der Waals surface area contributed by atoms with Gasteiger partial charge in [0.1, 0.15) is 17.2 Å². The van der Waals surface area contributed by atoms with Crippen molar-refractivity contribution < 1.29 is 24.1 Å². The average Bonchev–Trinajstić information content (AvgIpc) is 3.37. The summed E-state index contributed by atoms with van der Waals surface area (Å²) < 4.78 is 23.7. The zero-order valence-corrected chi connectivity index (χ0v) is 38.9. The topological polar surface area (TPSA) is 117 Å². The lowest BCUT2D eigenvalue weighted by Crippen LogP contribution is -1.98. The van der Waals surface area contributed by atoms with Crippen molar-refractivity contribution in [2.45, 2.75) is 103 Å². The minimum Gasteiger partial charge on any atom is -0.504 e. The molecular formula is C59H65N3O5. The molecule has 6 aromatic rings. The number of hydrogen-bond acceptors (Lipinski definition) is 8. The monoisotopic (exact) mass is 895 g/mol. The van der Waals surface area contributed by atoms with Crippen LogP contribution in [0.1, 0.15) is 119 Å². The van der Waals surface area contributed by atoms with E-state index in [4.69, 9.17) is 29.5 Å². The molecular weight excluding hydrogens is 831 g/mol. The lowest BCUT2D eigenvalue weighted by atomic mass is 10.0. The molecule has 8 heteroatoms. The van der Waals surface area contributed by atoms with Crippen LogP contribution in [0.5, 0.6) is 28.7 Å². The van der Waals surface area contributed by atoms with Gasteiger partial charge in [0.15, 0.2) is 11.5 Å². The van der Waals surface area contributed by atoms with Gasteiger partial charge in [-0.15, -0.1) is 0 Å². The van der Waals surface area contributed by atoms with E-state index in [-0.39, 0.29) is 5.75 Å². The lowest BCUT2D eigenvalue weighted by molar-refractivity contribution is 0.288. The van der Waals surface area contributed by atoms with Gasteiger partial charge in [-0.05, 0) is 144 Å². The smallest absolute Gasteiger partial charge is 0.160 e. The first-order chi connectivity index (χ1) is 33.1. The van der Waals surface area contributed by atoms with E-state index < -0.39 is 0 Å². The molecule has 0 atom stereocenters. The SMILES string of the molecule is N#Cc1ccc(-c2ccc(OCCCCCCCCCCOc3ccc(N=Cc4ccc(OCCCCCCCCCCOc5ccc(-c6ccc(C#N)cc6)cc5)c(O)c4)cc3)cc2)cc1. The van der Waals surface area contributed by atoms with Gasteiger partial charge in [0.25, 0.3) is 0 Å². The number of aliphatic imine (C=N–C) groups is 1. The first kappa shape index (κ1) is 49.4. The fourth-order valence-corrected chi connectivity index (χ4v) is 7.76. The van der Waals surface area contributed by atoms with Crippen molar-refractivity contribution in [1.29, 1.82) is 10.5 Å². The third-order valence-electron chi connectivity index (χ3n) is 11.7. The summed E-state index contributed by atoms with van der Waals surface area (Å²) in [6.07, 6.45) is 20.3. The lowest BCUT2D eigenvalue weighted by Gasteiger charge is -2.09. The van der Waals surface area contributed by atoms with E-state index in [1.165, 1.54) is 70.6 Å². The Morgan fingerprint density at radius 3 is 1.07 bits per heavy atom. The molecule has 0 radical (unpaired) electrons. The van der Waals surface area contributed by atoms with Crippen LogP contribution in [0.3, 0.4) is 0 Å². The van der Waals surface area contributed by atoms with Crippen LogP contribution < -0.4 is 18.9 Å². The molecule has 0 heterocycles. The van der Waals surface area contributed by atoms with Crippen molar-refractivity contribution in [3.8, 4) is 63.1 Å². The number of unbranched alkanes of at least 4 members (excludes halogenated alkanes) is 14. The molecule has 6 rings (SSSR count). The van der Waals surface area contributed by atoms with Gasteiger partial charge in [0.05, 0.1) is 55.4 Å². The van der Waals surface area contributed by atoms with Crippen molar-refractivity contribution in [3.05, 3.63) is 156 Å². The maximum atomic E-state index is 10.6. The Morgan fingerprint density at radius 1 is 0.388 bits per heavy atom. The molecule has 0 saturated carbocycles. The molecule has 0 aromatic heterocycles. The van der Waals surface area contributed by atoms with E-state index in [0.717, 1.165) is 96.1 Å². The van der Waals surface area contributed by atoms with Gasteiger partial charge < -0.3 is 24.1 Å². The normalized spacial score (nSPS) is 11.0. The van der Waals surface area contributed by atoms with E-state index in [1.807, 2.05) is 109 Å². The minimum absolute atomic E-state index is 0.124. The van der Waals surface area contributed by atoms with Gasteiger partial charge >= 0.3 is 0 Å². The fraction of sp³-hybridized carbons (Fsp3) is 0.339. The van der Waals surface area contributed by atoms with Crippen LogP contribution in [-0.2, 0) is 0 Å². The van der Waals surface area contributed by atoms with Crippen molar-refractivity contribution >= 4 is 11.9 Å². The number of hydrogen-bond donors (Lipinski definition) is 1. The highest BCUT2D eigenvalue weighted by Gasteiger charge is 2.06. The van der Waals surface area contributed by atoms with Gasteiger partial charge in [-0.2, -0.15) is 10.5 Å². The van der Waals surface area contributed by atoms with Gasteiger partial charge in [0.2, 0.25) is 0 Å². The zero-order chi connectivity index (χ0) is 46.6. The van der Waals surface area contributed by atoms with Crippen LogP contribution >= 0.6 is 0 Å². The molecule has 0 unspecified atom stereocenters. The highest BCUT2D eigenvalue weighted by Crippen LogP contribution is 2.28. The molecule has 1 N–H and O–H groups in total. The third kappa shape index (κ3) is 18.1. The van der Waals surface area contributed by atoms with Crippen LogP contribution in [0.4, 0.5) is 5.69 Å². The average molecular weight is 896 g/mol. The molecule has 0 fully saturated rings. The Bertz CT molecular complexity index is 2430. The van der Waals surface area contributed by atoms with E-state index in [2.05, 4.69) is 41.4 Å². The highest BCUT2D eigenvalue weighted by atomic mass is 16.5. The largest absolute Gasteiger partial charge is 0.504 e. The quantitative estimate of drug-likeness (QED) is 0.0353. The number of benzene rings is 6. The van der Waals surface area contributed by atoms with Gasteiger partial charge in [-0.25, -0.2) is 0 Å². The minimum atomic E-state index is 0.124. The molecule has 0 aliphatic carbocycles. The van der Waals surface area contributed by atoms with Gasteiger partial charge in [-0.3, -0.25) is 4.99 Å². The van der Waals surface area contributed by atoms with E-state index in [9.17, 15) is 5.11 Å². The Morgan fingerprint density at radius 2 is 0.716 bits per heavy atom. The van der Waals surface area contributed by atoms with Crippen molar-refractivity contribution in [1.82, 2.24) is 0 Å². The standard InChI is InChI=1S/C59H65N3O5/c60-44-47-17-22-50(23-18-47)52-26-32-55(33-27-52)64-39-13-9-5-1-2-6-11-15-41-66-57-36-30-54(31-37-57)62-46-49-21-38-59(58(63)43-49)67-42-16-12-8-4-3-7-10-14-40-65-56-34-28-53(29-35-56)51-24-19-48(45-61)20-25-51/h17-38,43,46,63H,1-16,39-42H2. The van der Waals surface area contributed by atoms with Crippen LogP contribution in [0.2, 0.25) is 0 Å². The summed E-state index contributed by atoms with van der Waals surface area (Å²) in [5.74, 6) is 3.26. The first-order valence-corrected chi connectivity index (χ1v) is 24.3. The molecule has 0 aliphatic heterocycles. The van der Waals surface area contributed by atoms with Crippen molar-refractivity contribution in [2.24, 2.45) is 4.99 Å². The maximum absolute atomic E-state index is 10.6. The Kier molecular flexibility index (Phi) is 21.2. The number of ether oxygens (including phenoxy) is 4. The highest BCUT2D eigenvalue weighted by molar-refractivity contribution is 5.83. The summed E-state index contributed by atoms with van der Waals surface area (Å²) in [4.78, 5) is 4.58. The molecule has 0 spiro atoms. The summed E-state index contributed by atoms with van der Waals surface area (Å²) in [5.41, 5.74) is 7.38. The third-order valence-corrected chi connectivity index (χ3v) is 11.7. The molecule has 0 amide bonds. The van der Waals surface area contributed by atoms with Crippen molar-refractivity contribution in [2.75, 3.05) is 26.4 Å². The Hall–Kier alpha value is -7.03. The molecule has 346 valence electrons. The number of nitrogens with zero attached hydrogens (tertiary/aromatic N) is 3. The fourth-order valence-electron chi connectivity index (χ4n) is 7.76. The van der Waals surface area contributed by atoms with E-state index in [0.29, 0.717) is 30.1 Å².